The van der Waals surface area contributed by atoms with E-state index in [4.69, 9.17) is 26.4 Å². The van der Waals surface area contributed by atoms with E-state index in [9.17, 15) is 9.59 Å². The standard InChI is InChI=1S/C28H31ClN4O4/c1-2-3-4-14-32-25(21-5-7-22(8-6-21)27(36)30-13-16-37-17-15-34)18-26(35)33-19-24(31-28(32)33)20-9-11-23(29)12-10-20/h5-12,18-19,34H,2-4,13-17H2,1H3,(H,30,36). The van der Waals surface area contributed by atoms with E-state index >= 15 is 0 Å². The van der Waals surface area contributed by atoms with Crippen molar-refractivity contribution in [2.45, 2.75) is 32.7 Å². The van der Waals surface area contributed by atoms with E-state index in [2.05, 4.69) is 16.8 Å². The number of aliphatic hydroxyl groups is 1. The normalized spacial score (nSPS) is 11.2. The highest BCUT2D eigenvalue weighted by Crippen LogP contribution is 2.25. The number of aromatic nitrogens is 3. The van der Waals surface area contributed by atoms with Gasteiger partial charge in [0.1, 0.15) is 0 Å². The van der Waals surface area contributed by atoms with Gasteiger partial charge in [-0.25, -0.2) is 4.98 Å². The van der Waals surface area contributed by atoms with Crippen LogP contribution < -0.4 is 10.9 Å². The van der Waals surface area contributed by atoms with Crippen molar-refractivity contribution in [2.24, 2.45) is 0 Å². The maximum atomic E-state index is 13.1. The first kappa shape index (κ1) is 26.6. The molecule has 2 aromatic carbocycles. The van der Waals surface area contributed by atoms with Gasteiger partial charge in [0, 0.05) is 41.5 Å². The molecule has 0 spiro atoms. The van der Waals surface area contributed by atoms with Gasteiger partial charge in [-0.15, -0.1) is 0 Å². The number of nitrogens with zero attached hydrogens (tertiary/aromatic N) is 3. The van der Waals surface area contributed by atoms with Gasteiger partial charge in [0.15, 0.2) is 0 Å². The van der Waals surface area contributed by atoms with Crippen LogP contribution in [0, 0.1) is 0 Å². The second-order valence-electron chi connectivity index (χ2n) is 8.70. The number of halogens is 1. The van der Waals surface area contributed by atoms with Crippen LogP contribution in [0.4, 0.5) is 0 Å². The van der Waals surface area contributed by atoms with Crippen LogP contribution in [0.2, 0.25) is 5.02 Å². The quantitative estimate of drug-likeness (QED) is 0.268. The van der Waals surface area contributed by atoms with Gasteiger partial charge in [0.2, 0.25) is 5.78 Å². The molecule has 0 atom stereocenters. The largest absolute Gasteiger partial charge is 0.394 e. The number of aliphatic hydroxyl groups excluding tert-OH is 1. The molecule has 194 valence electrons. The first-order valence-electron chi connectivity index (χ1n) is 12.5. The summed E-state index contributed by atoms with van der Waals surface area (Å²) in [5.41, 5.74) is 3.50. The number of rotatable bonds is 12. The Hall–Kier alpha value is -3.46. The molecule has 2 heterocycles. The van der Waals surface area contributed by atoms with Crippen LogP contribution >= 0.6 is 11.6 Å². The number of benzene rings is 2. The van der Waals surface area contributed by atoms with Crippen LogP contribution in [-0.4, -0.2) is 51.3 Å². The lowest BCUT2D eigenvalue weighted by Gasteiger charge is -2.15. The molecule has 0 aliphatic rings. The van der Waals surface area contributed by atoms with E-state index in [1.807, 2.05) is 24.3 Å². The van der Waals surface area contributed by atoms with Crippen LogP contribution in [0.1, 0.15) is 36.5 Å². The number of hydrogen-bond acceptors (Lipinski definition) is 5. The number of amides is 1. The number of carbonyl (C=O) groups is 1. The molecule has 0 radical (unpaired) electrons. The third kappa shape index (κ3) is 6.46. The molecule has 0 unspecified atom stereocenters. The van der Waals surface area contributed by atoms with Gasteiger partial charge in [-0.1, -0.05) is 55.6 Å². The lowest BCUT2D eigenvalue weighted by Crippen LogP contribution is -2.27. The van der Waals surface area contributed by atoms with Gasteiger partial charge in [0.25, 0.3) is 11.5 Å². The van der Waals surface area contributed by atoms with Crippen molar-refractivity contribution in [1.29, 1.82) is 0 Å². The summed E-state index contributed by atoms with van der Waals surface area (Å²) in [6, 6.07) is 16.2. The summed E-state index contributed by atoms with van der Waals surface area (Å²) in [5, 5.41) is 12.2. The highest BCUT2D eigenvalue weighted by atomic mass is 35.5. The Balaban J connectivity index is 1.66. The molecule has 2 N–H and O–H groups in total. The summed E-state index contributed by atoms with van der Waals surface area (Å²) in [6.07, 6.45) is 4.84. The molecule has 37 heavy (non-hydrogen) atoms. The summed E-state index contributed by atoms with van der Waals surface area (Å²) in [7, 11) is 0. The van der Waals surface area contributed by atoms with E-state index in [1.54, 1.807) is 40.9 Å². The number of fused-ring (bicyclic) bond motifs is 1. The Bertz CT molecular complexity index is 1390. The van der Waals surface area contributed by atoms with Gasteiger partial charge in [-0.2, -0.15) is 0 Å². The Kier molecular flexibility index (Phi) is 9.11. The van der Waals surface area contributed by atoms with Crippen LogP contribution in [0.15, 0.2) is 65.6 Å². The van der Waals surface area contributed by atoms with Crippen molar-refractivity contribution in [2.75, 3.05) is 26.4 Å². The number of unbranched alkanes of at least 4 members (excludes halogenated alkanes) is 2. The van der Waals surface area contributed by atoms with Gasteiger partial charge in [-0.3, -0.25) is 14.0 Å². The zero-order chi connectivity index (χ0) is 26.2. The highest BCUT2D eigenvalue weighted by molar-refractivity contribution is 6.30. The van der Waals surface area contributed by atoms with Gasteiger partial charge >= 0.3 is 0 Å². The number of hydrogen-bond donors (Lipinski definition) is 2. The molecular weight excluding hydrogens is 492 g/mol. The lowest BCUT2D eigenvalue weighted by molar-refractivity contribution is 0.0838. The molecule has 1 amide bonds. The molecule has 9 heteroatoms. The highest BCUT2D eigenvalue weighted by Gasteiger charge is 2.15. The second-order valence-corrected chi connectivity index (χ2v) is 9.14. The third-order valence-corrected chi connectivity index (χ3v) is 6.30. The van der Waals surface area contributed by atoms with Crippen LogP contribution in [0.5, 0.6) is 0 Å². The zero-order valence-electron chi connectivity index (χ0n) is 20.8. The van der Waals surface area contributed by atoms with E-state index in [0.29, 0.717) is 41.8 Å². The molecule has 0 saturated carbocycles. The van der Waals surface area contributed by atoms with E-state index in [1.165, 1.54) is 0 Å². The minimum absolute atomic E-state index is 0.0497. The smallest absolute Gasteiger partial charge is 0.259 e. The molecule has 2 aromatic heterocycles. The Morgan fingerprint density at radius 1 is 1.05 bits per heavy atom. The van der Waals surface area contributed by atoms with Crippen molar-refractivity contribution < 1.29 is 14.6 Å². The fraction of sp³-hybridized carbons (Fsp3) is 0.321. The summed E-state index contributed by atoms with van der Waals surface area (Å²) in [4.78, 5) is 30.4. The molecule has 8 nitrogen and oxygen atoms in total. The summed E-state index contributed by atoms with van der Waals surface area (Å²) >= 11 is 6.04. The summed E-state index contributed by atoms with van der Waals surface area (Å²) < 4.78 is 8.83. The zero-order valence-corrected chi connectivity index (χ0v) is 21.6. The first-order chi connectivity index (χ1) is 18.0. The van der Waals surface area contributed by atoms with E-state index < -0.39 is 0 Å². The average molecular weight is 523 g/mol. The molecule has 4 rings (SSSR count). The van der Waals surface area contributed by atoms with Crippen molar-refractivity contribution in [3.8, 4) is 22.5 Å². The van der Waals surface area contributed by atoms with Crippen LogP contribution in [0.3, 0.4) is 0 Å². The molecule has 0 aliphatic heterocycles. The molecule has 0 aliphatic carbocycles. The minimum atomic E-state index is -0.212. The van der Waals surface area contributed by atoms with Crippen LogP contribution in [0.25, 0.3) is 28.3 Å². The summed E-state index contributed by atoms with van der Waals surface area (Å²) in [6.45, 7) is 3.73. The predicted molar refractivity (Wildman–Crippen MR) is 145 cm³/mol. The maximum Gasteiger partial charge on any atom is 0.259 e. The van der Waals surface area contributed by atoms with E-state index in [0.717, 1.165) is 36.1 Å². The van der Waals surface area contributed by atoms with E-state index in [-0.39, 0.29) is 24.7 Å². The lowest BCUT2D eigenvalue weighted by atomic mass is 10.1. The molecule has 0 saturated heterocycles. The maximum absolute atomic E-state index is 13.1. The SMILES string of the molecule is CCCCCn1c(-c2ccc(C(=O)NCCOCCO)cc2)cc(=O)n2cc(-c3ccc(Cl)cc3)nc12. The molecule has 0 fully saturated rings. The number of ether oxygens (including phenoxy) is 1. The third-order valence-electron chi connectivity index (χ3n) is 6.05. The minimum Gasteiger partial charge on any atom is -0.394 e. The molecule has 0 bridgehead atoms. The Morgan fingerprint density at radius 2 is 1.78 bits per heavy atom. The number of nitrogens with one attached hydrogen (secondary N) is 1. The van der Waals surface area contributed by atoms with Crippen molar-refractivity contribution in [3.05, 3.63) is 81.7 Å². The number of aryl methyl sites for hydroxylation is 1. The topological polar surface area (TPSA) is 97.9 Å². The Labute approximate surface area is 220 Å². The number of imidazole rings is 1. The fourth-order valence-corrected chi connectivity index (χ4v) is 4.26. The molecule has 4 aromatic rings. The van der Waals surface area contributed by atoms with Gasteiger partial charge in [-0.05, 0) is 36.2 Å². The number of carbonyl (C=O) groups excluding carboxylic acids is 1. The van der Waals surface area contributed by atoms with Crippen molar-refractivity contribution in [3.63, 3.8) is 0 Å². The van der Waals surface area contributed by atoms with Gasteiger partial charge in [0.05, 0.1) is 31.2 Å². The molecular formula is C28H31ClN4O4. The van der Waals surface area contributed by atoms with Crippen molar-refractivity contribution in [1.82, 2.24) is 19.3 Å². The average Bonchev–Trinajstić information content (AvgIpc) is 3.36. The fourth-order valence-electron chi connectivity index (χ4n) is 4.13. The first-order valence-corrected chi connectivity index (χ1v) is 12.9. The Morgan fingerprint density at radius 3 is 2.49 bits per heavy atom. The monoisotopic (exact) mass is 522 g/mol. The predicted octanol–water partition coefficient (Wildman–Crippen LogP) is 4.41. The second kappa shape index (κ2) is 12.7. The summed E-state index contributed by atoms with van der Waals surface area (Å²) in [5.74, 6) is 0.365. The van der Waals surface area contributed by atoms with Gasteiger partial charge < -0.3 is 19.7 Å². The van der Waals surface area contributed by atoms with Crippen molar-refractivity contribution >= 4 is 23.3 Å². The van der Waals surface area contributed by atoms with Crippen LogP contribution in [-0.2, 0) is 11.3 Å².